The lowest BCUT2D eigenvalue weighted by Crippen LogP contribution is -2.22. The van der Waals surface area contributed by atoms with E-state index in [1.165, 1.54) is 32.6 Å². The second-order valence-electron chi connectivity index (χ2n) is 5.19. The number of aliphatic carboxylic acids is 1. The molecule has 0 aromatic rings. The van der Waals surface area contributed by atoms with Gasteiger partial charge < -0.3 is 15.3 Å². The molecule has 4 nitrogen and oxygen atoms in total. The molecule has 3 N–H and O–H groups in total. The van der Waals surface area contributed by atoms with E-state index in [1.807, 2.05) is 19.9 Å². The Kier molecular flexibility index (Phi) is 37.6. The maximum atomic E-state index is 10.0. The molecule has 0 aromatic carbocycles. The van der Waals surface area contributed by atoms with E-state index in [9.17, 15) is 4.79 Å². The highest BCUT2D eigenvalue weighted by Crippen LogP contribution is 2.04. The molecule has 0 rings (SSSR count). The summed E-state index contributed by atoms with van der Waals surface area (Å²) in [6.45, 7) is 17.8. The van der Waals surface area contributed by atoms with Crippen LogP contribution in [0.4, 0.5) is 0 Å². The van der Waals surface area contributed by atoms with Gasteiger partial charge in [-0.25, -0.2) is 0 Å². The van der Waals surface area contributed by atoms with Gasteiger partial charge in [0.25, 0.3) is 0 Å². The van der Waals surface area contributed by atoms with Crippen molar-refractivity contribution in [2.75, 3.05) is 0 Å². The SMILES string of the molecule is C=CC.C=CC.C=CCCCCC.C[C@@H](O)[C@H](O)CCCC(=O)O. The minimum absolute atomic E-state index is 0.0454. The van der Waals surface area contributed by atoms with Crippen LogP contribution in [-0.4, -0.2) is 33.5 Å². The van der Waals surface area contributed by atoms with Crippen molar-refractivity contribution < 1.29 is 20.1 Å². The highest BCUT2D eigenvalue weighted by molar-refractivity contribution is 5.66. The molecule has 2 atom stereocenters. The minimum Gasteiger partial charge on any atom is -0.481 e. The van der Waals surface area contributed by atoms with Crippen molar-refractivity contribution in [3.8, 4) is 0 Å². The molecule has 4 heteroatoms. The van der Waals surface area contributed by atoms with Gasteiger partial charge in [0.2, 0.25) is 0 Å². The topological polar surface area (TPSA) is 77.8 Å². The summed E-state index contributed by atoms with van der Waals surface area (Å²) in [7, 11) is 0. The van der Waals surface area contributed by atoms with Gasteiger partial charge in [-0.05, 0) is 46.5 Å². The molecule has 144 valence electrons. The first-order chi connectivity index (χ1) is 11.3. The van der Waals surface area contributed by atoms with Gasteiger partial charge in [-0.15, -0.1) is 19.7 Å². The molecule has 24 heavy (non-hydrogen) atoms. The molecule has 0 bridgehead atoms. The van der Waals surface area contributed by atoms with Crippen LogP contribution in [0.25, 0.3) is 0 Å². The molecule has 0 radical (unpaired) electrons. The third-order valence-corrected chi connectivity index (χ3v) is 2.46. The Balaban J connectivity index is -0.000000131. The number of carbonyl (C=O) groups is 1. The standard InChI is InChI=1S/C7H14O4.C7H14.2C3H6/c1-5(8)6(9)3-2-4-7(10)11;1-3-5-7-6-4-2;2*1-3-2/h5-6,8-9H,2-4H2,1H3,(H,10,11);3H,1,4-7H2,2H3;2*3H,1H2,2H3/t5-,6-;;;/m1.../s1. The van der Waals surface area contributed by atoms with E-state index in [0.717, 1.165) is 0 Å². The first kappa shape index (κ1) is 30.5. The Bertz CT molecular complexity index is 267. The monoisotopic (exact) mass is 344 g/mol. The van der Waals surface area contributed by atoms with Gasteiger partial charge in [-0.1, -0.05) is 38.0 Å². The van der Waals surface area contributed by atoms with Crippen LogP contribution < -0.4 is 0 Å². The smallest absolute Gasteiger partial charge is 0.303 e. The molecule has 0 saturated heterocycles. The van der Waals surface area contributed by atoms with Crippen LogP contribution in [0.3, 0.4) is 0 Å². The number of carboxylic acids is 1. The summed E-state index contributed by atoms with van der Waals surface area (Å²) < 4.78 is 0. The van der Waals surface area contributed by atoms with Gasteiger partial charge in [-0.3, -0.25) is 4.79 Å². The van der Waals surface area contributed by atoms with Crippen molar-refractivity contribution in [3.05, 3.63) is 38.0 Å². The molecule has 0 amide bonds. The summed E-state index contributed by atoms with van der Waals surface area (Å²) in [6, 6.07) is 0. The predicted octanol–water partition coefficient (Wildman–Crippen LogP) is 5.12. The van der Waals surface area contributed by atoms with Crippen molar-refractivity contribution in [1.29, 1.82) is 0 Å². The molecule has 0 unspecified atom stereocenters. The second-order valence-corrected chi connectivity index (χ2v) is 5.19. The summed E-state index contributed by atoms with van der Waals surface area (Å²) in [6.07, 6.45) is 9.87. The molecule has 0 aliphatic heterocycles. The number of aliphatic hydroxyl groups excluding tert-OH is 2. The lowest BCUT2D eigenvalue weighted by atomic mass is 10.1. The van der Waals surface area contributed by atoms with Crippen LogP contribution in [0.2, 0.25) is 0 Å². The Hall–Kier alpha value is -1.39. The third kappa shape index (κ3) is 49.8. The van der Waals surface area contributed by atoms with Crippen LogP contribution >= 0.6 is 0 Å². The fraction of sp³-hybridized carbons (Fsp3) is 0.650. The van der Waals surface area contributed by atoms with Crippen LogP contribution in [0.5, 0.6) is 0 Å². The van der Waals surface area contributed by atoms with Crippen molar-refractivity contribution in [3.63, 3.8) is 0 Å². The van der Waals surface area contributed by atoms with Crippen LogP contribution in [0.1, 0.15) is 72.6 Å². The highest BCUT2D eigenvalue weighted by Gasteiger charge is 2.10. The van der Waals surface area contributed by atoms with E-state index in [2.05, 4.69) is 26.7 Å². The van der Waals surface area contributed by atoms with Crippen LogP contribution in [-0.2, 0) is 4.79 Å². The van der Waals surface area contributed by atoms with Crippen molar-refractivity contribution in [1.82, 2.24) is 0 Å². The normalized spacial score (nSPS) is 10.9. The zero-order valence-corrected chi connectivity index (χ0v) is 16.2. The number of allylic oxidation sites excluding steroid dienone is 3. The Morgan fingerprint density at radius 2 is 1.50 bits per heavy atom. The minimum atomic E-state index is -0.872. The van der Waals surface area contributed by atoms with Gasteiger partial charge in [0.05, 0.1) is 12.2 Å². The van der Waals surface area contributed by atoms with E-state index in [-0.39, 0.29) is 6.42 Å². The fourth-order valence-electron chi connectivity index (χ4n) is 1.24. The Morgan fingerprint density at radius 3 is 1.79 bits per heavy atom. The summed E-state index contributed by atoms with van der Waals surface area (Å²) >= 11 is 0. The number of unbranched alkanes of at least 4 members (excludes halogenated alkanes) is 3. The van der Waals surface area contributed by atoms with Gasteiger partial charge in [0.1, 0.15) is 0 Å². The number of aliphatic hydroxyl groups is 2. The largest absolute Gasteiger partial charge is 0.481 e. The van der Waals surface area contributed by atoms with Crippen LogP contribution in [0, 0.1) is 0 Å². The first-order valence-corrected chi connectivity index (χ1v) is 8.61. The molecule has 0 aliphatic carbocycles. The Morgan fingerprint density at radius 1 is 1.04 bits per heavy atom. The maximum absolute atomic E-state index is 10.0. The maximum Gasteiger partial charge on any atom is 0.303 e. The van der Waals surface area contributed by atoms with Crippen molar-refractivity contribution >= 4 is 5.97 Å². The molecule has 0 fully saturated rings. The van der Waals surface area contributed by atoms with E-state index in [0.29, 0.717) is 12.8 Å². The summed E-state index contributed by atoms with van der Waals surface area (Å²) in [5, 5.41) is 26.0. The van der Waals surface area contributed by atoms with E-state index < -0.39 is 18.2 Å². The van der Waals surface area contributed by atoms with Gasteiger partial charge >= 0.3 is 5.97 Å². The molecular weight excluding hydrogens is 304 g/mol. The van der Waals surface area contributed by atoms with Gasteiger partial charge in [0.15, 0.2) is 0 Å². The predicted molar refractivity (Wildman–Crippen MR) is 105 cm³/mol. The molecule has 0 saturated carbocycles. The zero-order chi connectivity index (χ0) is 19.8. The van der Waals surface area contributed by atoms with Gasteiger partial charge in [-0.2, -0.15) is 0 Å². The number of hydrogen-bond donors (Lipinski definition) is 3. The second kappa shape index (κ2) is 29.6. The van der Waals surface area contributed by atoms with Crippen molar-refractivity contribution in [2.24, 2.45) is 0 Å². The van der Waals surface area contributed by atoms with Crippen LogP contribution in [0.15, 0.2) is 38.0 Å². The number of rotatable bonds is 9. The van der Waals surface area contributed by atoms with Crippen molar-refractivity contribution in [2.45, 2.75) is 84.8 Å². The van der Waals surface area contributed by atoms with E-state index >= 15 is 0 Å². The number of hydrogen-bond acceptors (Lipinski definition) is 3. The zero-order valence-electron chi connectivity index (χ0n) is 16.2. The summed E-state index contributed by atoms with van der Waals surface area (Å²) in [5.74, 6) is -0.872. The molecule has 0 aliphatic rings. The lowest BCUT2D eigenvalue weighted by molar-refractivity contribution is -0.137. The Labute approximate surface area is 149 Å². The quantitative estimate of drug-likeness (QED) is 0.401. The third-order valence-electron chi connectivity index (χ3n) is 2.46. The first-order valence-electron chi connectivity index (χ1n) is 8.61. The summed E-state index contributed by atoms with van der Waals surface area (Å²) in [5.41, 5.74) is 0. The highest BCUT2D eigenvalue weighted by atomic mass is 16.4. The molecule has 0 heterocycles. The number of carboxylic acid groups (broad SMARTS) is 1. The lowest BCUT2D eigenvalue weighted by Gasteiger charge is -2.11. The van der Waals surface area contributed by atoms with Gasteiger partial charge in [0, 0.05) is 6.42 Å². The average Bonchev–Trinajstić information content (AvgIpc) is 2.49. The van der Waals surface area contributed by atoms with E-state index in [4.69, 9.17) is 15.3 Å². The molecule has 0 aromatic heterocycles. The fourth-order valence-corrected chi connectivity index (χ4v) is 1.24. The summed E-state index contributed by atoms with van der Waals surface area (Å²) in [4.78, 5) is 10.0. The average molecular weight is 345 g/mol. The molecule has 0 spiro atoms. The molecular formula is C20H40O4. The van der Waals surface area contributed by atoms with E-state index in [1.54, 1.807) is 12.2 Å².